The molecule has 4 nitrogen and oxygen atoms in total. The van der Waals surface area contributed by atoms with Crippen molar-refractivity contribution in [3.8, 4) is 5.75 Å². The number of halogens is 3. The van der Waals surface area contributed by atoms with Crippen molar-refractivity contribution in [2.75, 3.05) is 12.4 Å². The summed E-state index contributed by atoms with van der Waals surface area (Å²) in [5, 5.41) is 2.45. The molecule has 0 saturated heterocycles. The highest BCUT2D eigenvalue weighted by atomic mass is 127. The zero-order valence-corrected chi connectivity index (χ0v) is 12.4. The van der Waals surface area contributed by atoms with Gasteiger partial charge < -0.3 is 10.1 Å². The lowest BCUT2D eigenvalue weighted by Crippen LogP contribution is -2.16. The van der Waals surface area contributed by atoms with Crippen LogP contribution in [0.3, 0.4) is 0 Å². The Morgan fingerprint density at radius 2 is 2.05 bits per heavy atom. The number of carbonyl (C=O) groups is 1. The van der Waals surface area contributed by atoms with Crippen molar-refractivity contribution >= 4 is 34.2 Å². The fourth-order valence-corrected chi connectivity index (χ4v) is 1.98. The highest BCUT2D eigenvalue weighted by molar-refractivity contribution is 14.1. The molecule has 1 N–H and O–H groups in total. The van der Waals surface area contributed by atoms with Gasteiger partial charge in [0.05, 0.1) is 16.9 Å². The lowest BCUT2D eigenvalue weighted by atomic mass is 10.2. The van der Waals surface area contributed by atoms with Crippen LogP contribution in [-0.2, 0) is 0 Å². The van der Waals surface area contributed by atoms with Gasteiger partial charge in [-0.05, 0) is 40.8 Å². The predicted molar refractivity (Wildman–Crippen MR) is 77.8 cm³/mol. The SMILES string of the molecule is COc1cnc(C(=O)Nc2ccc(F)c(I)c2)c(F)c1. The van der Waals surface area contributed by atoms with Crippen LogP contribution in [0.15, 0.2) is 30.5 Å². The third-order valence-electron chi connectivity index (χ3n) is 2.44. The van der Waals surface area contributed by atoms with Crippen molar-refractivity contribution in [2.45, 2.75) is 0 Å². The molecule has 1 aromatic heterocycles. The molecule has 1 aromatic carbocycles. The molecular weight excluding hydrogens is 381 g/mol. The average molecular weight is 390 g/mol. The van der Waals surface area contributed by atoms with Gasteiger partial charge in [-0.1, -0.05) is 0 Å². The third-order valence-corrected chi connectivity index (χ3v) is 3.27. The van der Waals surface area contributed by atoms with Gasteiger partial charge in [-0.15, -0.1) is 0 Å². The Hall–Kier alpha value is -1.77. The number of hydrogen-bond donors (Lipinski definition) is 1. The maximum atomic E-state index is 13.7. The van der Waals surface area contributed by atoms with Gasteiger partial charge in [-0.25, -0.2) is 13.8 Å². The molecule has 0 aliphatic heterocycles. The molecule has 0 aliphatic rings. The summed E-state index contributed by atoms with van der Waals surface area (Å²) in [4.78, 5) is 15.6. The summed E-state index contributed by atoms with van der Waals surface area (Å²) in [6.07, 6.45) is 1.24. The quantitative estimate of drug-likeness (QED) is 0.820. The third kappa shape index (κ3) is 3.21. The molecule has 0 spiro atoms. The number of nitrogens with one attached hydrogen (secondary N) is 1. The number of hydrogen-bond acceptors (Lipinski definition) is 3. The molecule has 20 heavy (non-hydrogen) atoms. The first-order valence-corrected chi connectivity index (χ1v) is 6.55. The van der Waals surface area contributed by atoms with E-state index in [1.807, 2.05) is 0 Å². The first-order chi connectivity index (χ1) is 9.51. The predicted octanol–water partition coefficient (Wildman–Crippen LogP) is 3.23. The number of nitrogens with zero attached hydrogens (tertiary/aromatic N) is 1. The Labute approximate surface area is 127 Å². The van der Waals surface area contributed by atoms with Crippen LogP contribution in [0.1, 0.15) is 10.5 Å². The number of rotatable bonds is 3. The van der Waals surface area contributed by atoms with E-state index in [0.717, 1.165) is 6.07 Å². The summed E-state index contributed by atoms with van der Waals surface area (Å²) in [6.45, 7) is 0. The van der Waals surface area contributed by atoms with Gasteiger partial charge in [-0.2, -0.15) is 0 Å². The van der Waals surface area contributed by atoms with Gasteiger partial charge >= 0.3 is 0 Å². The number of amides is 1. The molecule has 2 rings (SSSR count). The Morgan fingerprint density at radius 3 is 2.65 bits per heavy atom. The fourth-order valence-electron chi connectivity index (χ4n) is 1.46. The standard InChI is InChI=1S/C13H9F2IN2O2/c1-20-8-5-10(15)12(17-6-8)13(19)18-7-2-3-9(14)11(16)4-7/h2-6H,1H3,(H,18,19). The van der Waals surface area contributed by atoms with Crippen molar-refractivity contribution in [3.63, 3.8) is 0 Å². The fraction of sp³-hybridized carbons (Fsp3) is 0.0769. The lowest BCUT2D eigenvalue weighted by Gasteiger charge is -2.07. The van der Waals surface area contributed by atoms with Gasteiger partial charge in [0.15, 0.2) is 11.5 Å². The highest BCUT2D eigenvalue weighted by Gasteiger charge is 2.15. The van der Waals surface area contributed by atoms with E-state index in [9.17, 15) is 13.6 Å². The van der Waals surface area contributed by atoms with E-state index in [4.69, 9.17) is 4.74 Å². The molecule has 0 aliphatic carbocycles. The largest absolute Gasteiger partial charge is 0.495 e. The van der Waals surface area contributed by atoms with E-state index in [0.29, 0.717) is 9.26 Å². The maximum absolute atomic E-state index is 13.7. The Morgan fingerprint density at radius 1 is 1.30 bits per heavy atom. The van der Waals surface area contributed by atoms with Gasteiger partial charge in [0.1, 0.15) is 11.6 Å². The molecule has 0 saturated carbocycles. The van der Waals surface area contributed by atoms with Crippen LogP contribution in [0, 0.1) is 15.2 Å². The highest BCUT2D eigenvalue weighted by Crippen LogP contribution is 2.18. The van der Waals surface area contributed by atoms with Crippen LogP contribution in [0.5, 0.6) is 5.75 Å². The summed E-state index contributed by atoms with van der Waals surface area (Å²) >= 11 is 1.79. The lowest BCUT2D eigenvalue weighted by molar-refractivity contribution is 0.101. The van der Waals surface area contributed by atoms with Gasteiger partial charge in [-0.3, -0.25) is 4.79 Å². The second-order valence-corrected chi connectivity index (χ2v) is 4.95. The van der Waals surface area contributed by atoms with E-state index < -0.39 is 17.5 Å². The zero-order valence-electron chi connectivity index (χ0n) is 10.3. The van der Waals surface area contributed by atoms with Crippen LogP contribution < -0.4 is 10.1 Å². The van der Waals surface area contributed by atoms with Gasteiger partial charge in [0, 0.05) is 11.8 Å². The van der Waals surface area contributed by atoms with Crippen molar-refractivity contribution in [2.24, 2.45) is 0 Å². The zero-order chi connectivity index (χ0) is 14.7. The summed E-state index contributed by atoms with van der Waals surface area (Å²) in [7, 11) is 1.37. The van der Waals surface area contributed by atoms with Gasteiger partial charge in [0.25, 0.3) is 5.91 Å². The molecule has 0 radical (unpaired) electrons. The van der Waals surface area contributed by atoms with Crippen molar-refractivity contribution < 1.29 is 18.3 Å². The first kappa shape index (κ1) is 14.6. The Balaban J connectivity index is 2.21. The van der Waals surface area contributed by atoms with Crippen LogP contribution in [-0.4, -0.2) is 18.0 Å². The maximum Gasteiger partial charge on any atom is 0.277 e. The Bertz CT molecular complexity index is 665. The minimum absolute atomic E-state index is 0.218. The van der Waals surface area contributed by atoms with Crippen molar-refractivity contribution in [1.82, 2.24) is 4.98 Å². The topological polar surface area (TPSA) is 51.2 Å². The summed E-state index contributed by atoms with van der Waals surface area (Å²) in [5.74, 6) is -1.68. The minimum atomic E-state index is -0.793. The number of aromatic nitrogens is 1. The summed E-state index contributed by atoms with van der Waals surface area (Å²) in [6, 6.07) is 5.11. The number of anilines is 1. The summed E-state index contributed by atoms with van der Waals surface area (Å²) in [5.41, 5.74) is 0.00273. The van der Waals surface area contributed by atoms with Crippen molar-refractivity contribution in [3.05, 3.63) is 51.4 Å². The molecule has 1 amide bonds. The van der Waals surface area contributed by atoms with Gasteiger partial charge in [0.2, 0.25) is 0 Å². The minimum Gasteiger partial charge on any atom is -0.495 e. The second kappa shape index (κ2) is 6.12. The smallest absolute Gasteiger partial charge is 0.277 e. The van der Waals surface area contributed by atoms with E-state index >= 15 is 0 Å². The molecule has 0 bridgehead atoms. The number of ether oxygens (including phenoxy) is 1. The second-order valence-electron chi connectivity index (χ2n) is 3.79. The van der Waals surface area contributed by atoms with Crippen LogP contribution in [0.2, 0.25) is 0 Å². The van der Waals surface area contributed by atoms with Crippen LogP contribution in [0.4, 0.5) is 14.5 Å². The summed E-state index contributed by atoms with van der Waals surface area (Å²) < 4.78 is 31.9. The Kier molecular flexibility index (Phi) is 4.48. The number of benzene rings is 1. The first-order valence-electron chi connectivity index (χ1n) is 5.47. The molecule has 0 fully saturated rings. The number of pyridine rings is 1. The van der Waals surface area contributed by atoms with E-state index in [2.05, 4.69) is 10.3 Å². The number of methoxy groups -OCH3 is 1. The molecular formula is C13H9F2IN2O2. The van der Waals surface area contributed by atoms with E-state index in [-0.39, 0.29) is 11.4 Å². The van der Waals surface area contributed by atoms with E-state index in [1.54, 1.807) is 22.6 Å². The monoisotopic (exact) mass is 390 g/mol. The molecule has 104 valence electrons. The number of carbonyl (C=O) groups excluding carboxylic acids is 1. The molecule has 7 heteroatoms. The van der Waals surface area contributed by atoms with E-state index in [1.165, 1.54) is 31.5 Å². The average Bonchev–Trinajstić information content (AvgIpc) is 2.42. The van der Waals surface area contributed by atoms with Crippen LogP contribution in [0.25, 0.3) is 0 Å². The molecule has 0 atom stereocenters. The normalized spacial score (nSPS) is 10.2. The molecule has 2 aromatic rings. The molecule has 0 unspecified atom stereocenters. The van der Waals surface area contributed by atoms with Crippen LogP contribution >= 0.6 is 22.6 Å². The van der Waals surface area contributed by atoms with Crippen molar-refractivity contribution in [1.29, 1.82) is 0 Å². The molecule has 1 heterocycles.